The topological polar surface area (TPSA) is 130 Å². The van der Waals surface area contributed by atoms with E-state index in [1.54, 1.807) is 55.6 Å². The summed E-state index contributed by atoms with van der Waals surface area (Å²) in [6.07, 6.45) is -2.56. The third-order valence-electron chi connectivity index (χ3n) is 7.38. The van der Waals surface area contributed by atoms with Gasteiger partial charge in [-0.1, -0.05) is 30.7 Å². The number of rotatable bonds is 10. The summed E-state index contributed by atoms with van der Waals surface area (Å²) in [6.45, 7) is 0.331. The van der Waals surface area contributed by atoms with Gasteiger partial charge >= 0.3 is 5.97 Å². The van der Waals surface area contributed by atoms with E-state index in [9.17, 15) is 19.5 Å². The van der Waals surface area contributed by atoms with Gasteiger partial charge in [-0.05, 0) is 37.1 Å². The van der Waals surface area contributed by atoms with E-state index in [1.165, 1.54) is 7.11 Å². The molecule has 0 saturated carbocycles. The molecule has 40 heavy (non-hydrogen) atoms. The van der Waals surface area contributed by atoms with Gasteiger partial charge < -0.3 is 33.5 Å². The van der Waals surface area contributed by atoms with Gasteiger partial charge in [0, 0.05) is 18.6 Å². The quantitative estimate of drug-likeness (QED) is 0.265. The van der Waals surface area contributed by atoms with E-state index in [0.29, 0.717) is 37.0 Å². The lowest BCUT2D eigenvalue weighted by molar-refractivity contribution is -0.349. The minimum Gasteiger partial charge on any atom is -0.497 e. The van der Waals surface area contributed by atoms with E-state index in [0.717, 1.165) is 4.90 Å². The maximum atomic E-state index is 13.4. The number of aliphatic hydroxyl groups is 1. The summed E-state index contributed by atoms with van der Waals surface area (Å²) >= 11 is 0. The number of carbonyl (C=O) groups is 3. The second kappa shape index (κ2) is 12.4. The number of hydrogen-bond acceptors (Lipinski definition) is 10. The summed E-state index contributed by atoms with van der Waals surface area (Å²) in [6, 6.07) is 12.5. The van der Waals surface area contributed by atoms with Crippen LogP contribution in [0, 0.1) is 0 Å². The molecule has 0 bridgehead atoms. The predicted molar refractivity (Wildman–Crippen MR) is 138 cm³/mol. The highest BCUT2D eigenvalue weighted by Gasteiger charge is 2.55. The lowest BCUT2D eigenvalue weighted by Gasteiger charge is -2.49. The number of carbonyl (C=O) groups excluding carboxylic acids is 3. The van der Waals surface area contributed by atoms with Gasteiger partial charge in [0.2, 0.25) is 0 Å². The van der Waals surface area contributed by atoms with Crippen molar-refractivity contribution in [1.29, 1.82) is 0 Å². The molecule has 214 valence electrons. The molecule has 0 aliphatic carbocycles. The number of fused-ring (bicyclic) bond motifs is 2. The molecular weight excluding hydrogens is 522 g/mol. The van der Waals surface area contributed by atoms with Crippen molar-refractivity contribution in [1.82, 2.24) is 4.90 Å². The molecular formula is C29H33NO10. The average Bonchev–Trinajstić information content (AvgIpc) is 3.24. The van der Waals surface area contributed by atoms with Crippen LogP contribution in [0.1, 0.15) is 58.3 Å². The molecule has 1 unspecified atom stereocenters. The van der Waals surface area contributed by atoms with Crippen LogP contribution in [0.25, 0.3) is 0 Å². The fraction of sp³-hybridized carbons (Fsp3) is 0.483. The minimum absolute atomic E-state index is 0.103. The van der Waals surface area contributed by atoms with E-state index < -0.39 is 48.7 Å². The number of esters is 1. The normalized spacial score (nSPS) is 27.7. The molecule has 0 spiro atoms. The molecule has 3 heterocycles. The molecule has 0 radical (unpaired) electrons. The van der Waals surface area contributed by atoms with E-state index in [1.807, 2.05) is 0 Å². The first kappa shape index (κ1) is 28.2. The number of nitrogens with zero attached hydrogens (tertiary/aromatic N) is 1. The van der Waals surface area contributed by atoms with Crippen LogP contribution in [0.2, 0.25) is 0 Å². The van der Waals surface area contributed by atoms with Crippen LogP contribution in [0.15, 0.2) is 48.5 Å². The molecule has 11 nitrogen and oxygen atoms in total. The molecule has 1 N–H and O–H groups in total. The molecule has 11 heteroatoms. The van der Waals surface area contributed by atoms with Crippen LogP contribution >= 0.6 is 0 Å². The van der Waals surface area contributed by atoms with Gasteiger partial charge in [0.15, 0.2) is 12.6 Å². The van der Waals surface area contributed by atoms with E-state index in [4.69, 9.17) is 23.7 Å². The predicted octanol–water partition coefficient (Wildman–Crippen LogP) is 2.61. The zero-order valence-electron chi connectivity index (χ0n) is 22.4. The van der Waals surface area contributed by atoms with Crippen LogP contribution in [-0.4, -0.2) is 85.9 Å². The molecule has 2 saturated heterocycles. The third kappa shape index (κ3) is 5.61. The van der Waals surface area contributed by atoms with Crippen molar-refractivity contribution in [2.45, 2.75) is 62.6 Å². The summed E-state index contributed by atoms with van der Waals surface area (Å²) in [4.78, 5) is 39.1. The highest BCUT2D eigenvalue weighted by Crippen LogP contribution is 2.38. The van der Waals surface area contributed by atoms with Crippen molar-refractivity contribution in [2.75, 3.05) is 27.4 Å². The summed E-state index contributed by atoms with van der Waals surface area (Å²) in [5, 5.41) is 11.6. The van der Waals surface area contributed by atoms with Gasteiger partial charge in [0.25, 0.3) is 11.8 Å². The third-order valence-corrected chi connectivity index (χ3v) is 7.38. The number of imide groups is 1. The largest absolute Gasteiger partial charge is 0.497 e. The Labute approximate surface area is 231 Å². The van der Waals surface area contributed by atoms with Gasteiger partial charge in [-0.3, -0.25) is 19.3 Å². The Morgan fingerprint density at radius 3 is 2.33 bits per heavy atom. The Balaban J connectivity index is 1.33. The maximum absolute atomic E-state index is 13.4. The number of ether oxygens (including phenoxy) is 6. The Morgan fingerprint density at radius 2 is 1.68 bits per heavy atom. The number of aliphatic hydroxyl groups excluding tert-OH is 1. The number of methoxy groups -OCH3 is 2. The molecule has 2 fully saturated rings. The zero-order chi connectivity index (χ0) is 28.2. The summed E-state index contributed by atoms with van der Waals surface area (Å²) in [5.74, 6) is -0.662. The molecule has 3 aliphatic heterocycles. The van der Waals surface area contributed by atoms with Crippen LogP contribution in [0.4, 0.5) is 0 Å². The van der Waals surface area contributed by atoms with Crippen LogP contribution in [0.3, 0.4) is 0 Å². The Bertz CT molecular complexity index is 1180. The molecule has 0 aromatic heterocycles. The van der Waals surface area contributed by atoms with Crippen LogP contribution in [0.5, 0.6) is 5.75 Å². The average molecular weight is 556 g/mol. The SMILES string of the molecule is COC(=O)CCCCCO[C@@H]1O[C@@H]2COC(c3ccc(OC)cc3)O[C@H]2[C@H](O)[C@H]1N1C(=O)c2ccccc2C1=O. The molecule has 3 aliphatic rings. The molecule has 5 rings (SSSR count). The number of unbranched alkanes of at least 4 members (excludes halogenated alkanes) is 2. The molecule has 2 amide bonds. The summed E-state index contributed by atoms with van der Waals surface area (Å²) in [5.41, 5.74) is 1.23. The fourth-order valence-corrected chi connectivity index (χ4v) is 5.25. The summed E-state index contributed by atoms with van der Waals surface area (Å²) < 4.78 is 34.1. The first-order valence-electron chi connectivity index (χ1n) is 13.3. The van der Waals surface area contributed by atoms with Crippen molar-refractivity contribution in [2.24, 2.45) is 0 Å². The number of benzene rings is 2. The van der Waals surface area contributed by atoms with E-state index >= 15 is 0 Å². The molecule has 2 aromatic carbocycles. The second-order valence-corrected chi connectivity index (χ2v) is 9.85. The Morgan fingerprint density at radius 1 is 0.975 bits per heavy atom. The Kier molecular flexibility index (Phi) is 8.77. The van der Waals surface area contributed by atoms with Gasteiger partial charge in [0.05, 0.1) is 32.0 Å². The number of hydrogen-bond donors (Lipinski definition) is 1. The van der Waals surface area contributed by atoms with Gasteiger partial charge in [-0.15, -0.1) is 0 Å². The minimum atomic E-state index is -1.31. The van der Waals surface area contributed by atoms with Crippen molar-refractivity contribution in [3.05, 3.63) is 65.2 Å². The maximum Gasteiger partial charge on any atom is 0.305 e. The van der Waals surface area contributed by atoms with Crippen molar-refractivity contribution >= 4 is 17.8 Å². The monoisotopic (exact) mass is 555 g/mol. The number of amides is 2. The standard InChI is InChI=1S/C29H33NO10/c1-35-18-13-11-17(12-14-18)28-38-16-21-25(40-28)24(32)23(29(39-21)37-15-7-3-4-10-22(31)36-2)30-26(33)19-8-5-6-9-20(19)27(30)34/h5-6,8-9,11-14,21,23-25,28-29,32H,3-4,7,10,15-16H2,1-2H3/t21-,23-,24-,25-,28?,29-/m1/s1. The molecule has 2 aromatic rings. The first-order valence-corrected chi connectivity index (χ1v) is 13.3. The van der Waals surface area contributed by atoms with Crippen molar-refractivity contribution in [3.63, 3.8) is 0 Å². The van der Waals surface area contributed by atoms with E-state index in [-0.39, 0.29) is 30.3 Å². The Hall–Kier alpha value is -3.35. The van der Waals surface area contributed by atoms with Crippen LogP contribution < -0.4 is 4.74 Å². The van der Waals surface area contributed by atoms with E-state index in [2.05, 4.69) is 4.74 Å². The van der Waals surface area contributed by atoms with Gasteiger partial charge in [0.1, 0.15) is 30.1 Å². The van der Waals surface area contributed by atoms with Gasteiger partial charge in [-0.2, -0.15) is 0 Å². The highest BCUT2D eigenvalue weighted by molar-refractivity contribution is 6.21. The van der Waals surface area contributed by atoms with Crippen molar-refractivity contribution in [3.8, 4) is 5.75 Å². The summed E-state index contributed by atoms with van der Waals surface area (Å²) in [7, 11) is 2.92. The fourth-order valence-electron chi connectivity index (χ4n) is 5.25. The van der Waals surface area contributed by atoms with Crippen LogP contribution in [-0.2, 0) is 28.5 Å². The van der Waals surface area contributed by atoms with Gasteiger partial charge in [-0.25, -0.2) is 0 Å². The lowest BCUT2D eigenvalue weighted by atomic mass is 9.94. The van der Waals surface area contributed by atoms with Crippen molar-refractivity contribution < 1.29 is 47.9 Å². The zero-order valence-corrected chi connectivity index (χ0v) is 22.4. The second-order valence-electron chi connectivity index (χ2n) is 9.85. The first-order chi connectivity index (χ1) is 19.4. The lowest BCUT2D eigenvalue weighted by Crippen LogP contribution is -2.67. The highest BCUT2D eigenvalue weighted by atomic mass is 16.7. The smallest absolute Gasteiger partial charge is 0.305 e. The molecule has 6 atom stereocenters.